The van der Waals surface area contributed by atoms with Crippen molar-refractivity contribution in [3.63, 3.8) is 0 Å². The lowest BCUT2D eigenvalue weighted by atomic mass is 9.71. The number of rotatable bonds is 1. The second-order valence-electron chi connectivity index (χ2n) is 8.54. The summed E-state index contributed by atoms with van der Waals surface area (Å²) in [4.78, 5) is 26.7. The average Bonchev–Trinajstić information content (AvgIpc) is 3.27. The minimum atomic E-state index is -0.0535. The molecule has 0 amide bonds. The zero-order valence-corrected chi connectivity index (χ0v) is 16.7. The van der Waals surface area contributed by atoms with Crippen LogP contribution >= 0.6 is 0 Å². The minimum absolute atomic E-state index is 0.0355. The normalized spacial score (nSPS) is 23.3. The zero-order chi connectivity index (χ0) is 20.4. The quantitative estimate of drug-likeness (QED) is 0.430. The molecule has 1 N–H and O–H groups in total. The first-order valence-electron chi connectivity index (χ1n) is 10.5. The van der Waals surface area contributed by atoms with Gasteiger partial charge in [-0.1, -0.05) is 66.2 Å². The molecule has 1 aliphatic heterocycles. The van der Waals surface area contributed by atoms with Crippen molar-refractivity contribution in [2.75, 3.05) is 5.32 Å². The van der Waals surface area contributed by atoms with Crippen LogP contribution in [0.2, 0.25) is 0 Å². The van der Waals surface area contributed by atoms with Crippen molar-refractivity contribution in [3.8, 4) is 0 Å². The molecule has 6 rings (SSSR count). The topological polar surface area (TPSA) is 46.2 Å². The highest BCUT2D eigenvalue weighted by molar-refractivity contribution is 6.29. The van der Waals surface area contributed by atoms with Crippen LogP contribution in [0.1, 0.15) is 66.9 Å². The van der Waals surface area contributed by atoms with E-state index in [0.717, 1.165) is 17.7 Å². The maximum Gasteiger partial charge on any atom is 0.194 e. The fourth-order valence-corrected chi connectivity index (χ4v) is 5.39. The molecule has 3 aliphatic rings. The highest BCUT2D eigenvalue weighted by Crippen LogP contribution is 2.52. The maximum absolute atomic E-state index is 13.5. The van der Waals surface area contributed by atoms with Gasteiger partial charge in [0, 0.05) is 33.9 Å². The Balaban J connectivity index is 1.53. The van der Waals surface area contributed by atoms with Crippen molar-refractivity contribution >= 4 is 17.3 Å². The summed E-state index contributed by atoms with van der Waals surface area (Å²) in [5, 5.41) is 3.71. The van der Waals surface area contributed by atoms with E-state index in [2.05, 4.69) is 48.7 Å². The lowest BCUT2D eigenvalue weighted by Crippen LogP contribution is -2.32. The fraction of sp³-hybridized carbons (Fsp3) is 0.185. The molecule has 0 spiro atoms. The summed E-state index contributed by atoms with van der Waals surface area (Å²) >= 11 is 0. The molecule has 2 aliphatic carbocycles. The van der Waals surface area contributed by atoms with Gasteiger partial charge in [-0.15, -0.1) is 0 Å². The molecule has 3 aromatic rings. The number of fused-ring (bicyclic) bond motifs is 6. The molecule has 0 bridgehead atoms. The average molecular weight is 391 g/mol. The molecule has 0 fully saturated rings. The molecule has 0 aromatic heterocycles. The molecule has 0 radical (unpaired) electrons. The third kappa shape index (κ3) is 2.32. The summed E-state index contributed by atoms with van der Waals surface area (Å²) in [6.45, 7) is 2.10. The van der Waals surface area contributed by atoms with Crippen LogP contribution in [0, 0.1) is 12.8 Å². The molecular formula is C27H21NO2. The van der Waals surface area contributed by atoms with Gasteiger partial charge in [-0.3, -0.25) is 9.59 Å². The number of carbonyl (C=O) groups is 2. The van der Waals surface area contributed by atoms with Crippen LogP contribution in [0.25, 0.3) is 0 Å². The van der Waals surface area contributed by atoms with E-state index in [1.165, 1.54) is 11.1 Å². The number of allylic oxidation sites excluding steroid dienone is 2. The van der Waals surface area contributed by atoms with Gasteiger partial charge in [-0.05, 0) is 42.5 Å². The second kappa shape index (κ2) is 6.27. The van der Waals surface area contributed by atoms with E-state index >= 15 is 0 Å². The molecular weight excluding hydrogens is 370 g/mol. The highest BCUT2D eigenvalue weighted by Gasteiger charge is 2.42. The number of hydrogen-bond donors (Lipinski definition) is 1. The molecule has 3 aromatic carbocycles. The standard InChI is InChI=1S/C27H21NO2/c1-15-9-11-16(12-10-15)25-18-8-4-7-17(18)23-22(28-25)14-13-21-24(23)27(30)20-6-3-2-5-19(20)26(21)29/h2-7,9-14,17-18,25,28H,8H2,1H3/t17-,18+,25+/m1/s1. The Morgan fingerprint density at radius 1 is 0.833 bits per heavy atom. The van der Waals surface area contributed by atoms with Crippen LogP contribution in [0.3, 0.4) is 0 Å². The predicted molar refractivity (Wildman–Crippen MR) is 117 cm³/mol. The number of nitrogens with one attached hydrogen (secondary N) is 1. The minimum Gasteiger partial charge on any atom is -0.378 e. The third-order valence-electron chi connectivity index (χ3n) is 6.86. The Kier molecular flexibility index (Phi) is 3.64. The lowest BCUT2D eigenvalue weighted by Gasteiger charge is -2.39. The summed E-state index contributed by atoms with van der Waals surface area (Å²) in [6, 6.07) is 19.8. The van der Waals surface area contributed by atoms with Crippen LogP contribution in [0.4, 0.5) is 5.69 Å². The van der Waals surface area contributed by atoms with E-state index in [1.807, 2.05) is 24.3 Å². The van der Waals surface area contributed by atoms with E-state index in [1.54, 1.807) is 12.1 Å². The fourth-order valence-electron chi connectivity index (χ4n) is 5.39. The first-order valence-corrected chi connectivity index (χ1v) is 10.5. The summed E-state index contributed by atoms with van der Waals surface area (Å²) in [5.74, 6) is 0.366. The Labute approximate surface area is 175 Å². The molecule has 1 heterocycles. The Bertz CT molecular complexity index is 1250. The molecule has 0 saturated carbocycles. The second-order valence-corrected chi connectivity index (χ2v) is 8.54. The monoisotopic (exact) mass is 391 g/mol. The lowest BCUT2D eigenvalue weighted by molar-refractivity contribution is 0.0978. The zero-order valence-electron chi connectivity index (χ0n) is 16.7. The first kappa shape index (κ1) is 17.4. The van der Waals surface area contributed by atoms with Crippen molar-refractivity contribution in [1.29, 1.82) is 0 Å². The van der Waals surface area contributed by atoms with E-state index in [4.69, 9.17) is 0 Å². The van der Waals surface area contributed by atoms with Crippen LogP contribution in [-0.2, 0) is 0 Å². The Morgan fingerprint density at radius 2 is 1.57 bits per heavy atom. The summed E-state index contributed by atoms with van der Waals surface area (Å²) in [7, 11) is 0. The van der Waals surface area contributed by atoms with E-state index in [9.17, 15) is 9.59 Å². The molecule has 3 nitrogen and oxygen atoms in total. The molecule has 3 atom stereocenters. The van der Waals surface area contributed by atoms with Crippen molar-refractivity contribution in [3.05, 3.63) is 112 Å². The van der Waals surface area contributed by atoms with Crippen molar-refractivity contribution in [2.45, 2.75) is 25.3 Å². The number of anilines is 1. The van der Waals surface area contributed by atoms with Gasteiger partial charge in [0.05, 0.1) is 6.04 Å². The SMILES string of the molecule is Cc1ccc([C@@H]2Nc3ccc4c(c3[C@@H]3C=CC[C@@H]32)C(=O)c2ccccc2C4=O)cc1. The van der Waals surface area contributed by atoms with E-state index in [-0.39, 0.29) is 23.5 Å². The summed E-state index contributed by atoms with van der Waals surface area (Å²) in [5.41, 5.74) is 6.61. The molecule has 30 heavy (non-hydrogen) atoms. The van der Waals surface area contributed by atoms with Gasteiger partial charge in [0.15, 0.2) is 11.6 Å². The van der Waals surface area contributed by atoms with Gasteiger partial charge in [0.2, 0.25) is 0 Å². The van der Waals surface area contributed by atoms with Crippen molar-refractivity contribution < 1.29 is 9.59 Å². The first-order chi connectivity index (χ1) is 14.6. The van der Waals surface area contributed by atoms with Crippen LogP contribution in [-0.4, -0.2) is 11.6 Å². The van der Waals surface area contributed by atoms with Gasteiger partial charge in [0.1, 0.15) is 0 Å². The van der Waals surface area contributed by atoms with Crippen LogP contribution < -0.4 is 5.32 Å². The maximum atomic E-state index is 13.5. The number of carbonyl (C=O) groups excluding carboxylic acids is 2. The van der Waals surface area contributed by atoms with E-state index in [0.29, 0.717) is 28.2 Å². The smallest absolute Gasteiger partial charge is 0.194 e. The number of hydrogen-bond acceptors (Lipinski definition) is 3. The van der Waals surface area contributed by atoms with Gasteiger partial charge in [-0.25, -0.2) is 0 Å². The summed E-state index contributed by atoms with van der Waals surface area (Å²) in [6.07, 6.45) is 5.40. The van der Waals surface area contributed by atoms with Gasteiger partial charge in [-0.2, -0.15) is 0 Å². The van der Waals surface area contributed by atoms with Gasteiger partial charge in [0.25, 0.3) is 0 Å². The predicted octanol–water partition coefficient (Wildman–Crippen LogP) is 5.60. The van der Waals surface area contributed by atoms with Gasteiger partial charge >= 0.3 is 0 Å². The van der Waals surface area contributed by atoms with Crippen LogP contribution in [0.15, 0.2) is 72.8 Å². The van der Waals surface area contributed by atoms with Crippen LogP contribution in [0.5, 0.6) is 0 Å². The Morgan fingerprint density at radius 3 is 2.33 bits per heavy atom. The van der Waals surface area contributed by atoms with Gasteiger partial charge < -0.3 is 5.32 Å². The van der Waals surface area contributed by atoms with Crippen molar-refractivity contribution in [2.24, 2.45) is 5.92 Å². The number of benzene rings is 3. The molecule has 0 saturated heterocycles. The molecule has 3 heteroatoms. The molecule has 0 unspecified atom stereocenters. The number of aryl methyl sites for hydroxylation is 1. The Hall–Kier alpha value is -3.46. The van der Waals surface area contributed by atoms with Crippen molar-refractivity contribution in [1.82, 2.24) is 0 Å². The highest BCUT2D eigenvalue weighted by atomic mass is 16.1. The largest absolute Gasteiger partial charge is 0.378 e. The molecule has 146 valence electrons. The third-order valence-corrected chi connectivity index (χ3v) is 6.86. The number of ketones is 2. The summed E-state index contributed by atoms with van der Waals surface area (Å²) < 4.78 is 0. The van der Waals surface area contributed by atoms with E-state index < -0.39 is 0 Å².